The highest BCUT2D eigenvalue weighted by Gasteiger charge is 2.36. The van der Waals surface area contributed by atoms with Gasteiger partial charge in [0.1, 0.15) is 0 Å². The molecule has 0 saturated heterocycles. The highest BCUT2D eigenvalue weighted by molar-refractivity contribution is 7.97. The van der Waals surface area contributed by atoms with Gasteiger partial charge in [-0.25, -0.2) is 0 Å². The van der Waals surface area contributed by atoms with E-state index in [9.17, 15) is 0 Å². The van der Waals surface area contributed by atoms with Crippen molar-refractivity contribution in [3.63, 3.8) is 0 Å². The molecular weight excluding hydrogens is 284 g/mol. The maximum atomic E-state index is 2.35. The lowest BCUT2D eigenvalue weighted by atomic mass is 9.94. The quantitative estimate of drug-likeness (QED) is 0.525. The molecule has 0 nitrogen and oxygen atoms in total. The van der Waals surface area contributed by atoms with Gasteiger partial charge in [0.25, 0.3) is 0 Å². The van der Waals surface area contributed by atoms with Crippen molar-refractivity contribution < 1.29 is 0 Å². The van der Waals surface area contributed by atoms with E-state index in [0.29, 0.717) is 5.92 Å². The van der Waals surface area contributed by atoms with Gasteiger partial charge in [-0.2, -0.15) is 0 Å². The Morgan fingerprint density at radius 3 is 2.18 bits per heavy atom. The van der Waals surface area contributed by atoms with E-state index in [0.717, 1.165) is 6.42 Å². The number of benzene rings is 3. The van der Waals surface area contributed by atoms with E-state index in [1.165, 1.54) is 25.8 Å². The van der Waals surface area contributed by atoms with Gasteiger partial charge in [0.2, 0.25) is 0 Å². The van der Waals surface area contributed by atoms with Crippen LogP contribution in [0.25, 0.3) is 0 Å². The SMILES string of the molecule is CC1Cc2ccccc2[S+](c2ccccc2)c2ccccc21. The molecule has 0 fully saturated rings. The molecular formula is C21H19S+. The van der Waals surface area contributed by atoms with E-state index in [-0.39, 0.29) is 10.9 Å². The molecule has 0 N–H and O–H groups in total. The summed E-state index contributed by atoms with van der Waals surface area (Å²) >= 11 is 0. The van der Waals surface area contributed by atoms with Crippen molar-refractivity contribution in [3.05, 3.63) is 90.0 Å². The van der Waals surface area contributed by atoms with Gasteiger partial charge in [-0.3, -0.25) is 0 Å². The van der Waals surface area contributed by atoms with Crippen molar-refractivity contribution in [1.82, 2.24) is 0 Å². The third-order valence-electron chi connectivity index (χ3n) is 4.37. The van der Waals surface area contributed by atoms with Crippen molar-refractivity contribution in [2.75, 3.05) is 0 Å². The van der Waals surface area contributed by atoms with Gasteiger partial charge in [-0.05, 0) is 36.6 Å². The Kier molecular flexibility index (Phi) is 3.51. The smallest absolute Gasteiger partial charge is 0.0619 e. The van der Waals surface area contributed by atoms with Crippen LogP contribution in [0.5, 0.6) is 0 Å². The zero-order chi connectivity index (χ0) is 14.9. The maximum absolute atomic E-state index is 2.35. The summed E-state index contributed by atoms with van der Waals surface area (Å²) in [5.74, 6) is 0.568. The molecule has 1 heteroatoms. The molecule has 0 saturated carbocycles. The second-order valence-corrected chi connectivity index (χ2v) is 7.83. The molecule has 22 heavy (non-hydrogen) atoms. The summed E-state index contributed by atoms with van der Waals surface area (Å²) in [5.41, 5.74) is 3.00. The van der Waals surface area contributed by atoms with Gasteiger partial charge < -0.3 is 0 Å². The van der Waals surface area contributed by atoms with Crippen molar-refractivity contribution >= 4 is 10.9 Å². The minimum Gasteiger partial charge on any atom is -0.0619 e. The fourth-order valence-corrected chi connectivity index (χ4v) is 5.84. The van der Waals surface area contributed by atoms with Crippen LogP contribution >= 0.6 is 0 Å². The first-order valence-electron chi connectivity index (χ1n) is 7.81. The first-order chi connectivity index (χ1) is 10.8. The molecule has 2 unspecified atom stereocenters. The lowest BCUT2D eigenvalue weighted by molar-refractivity contribution is 0.741. The number of fused-ring (bicyclic) bond motifs is 2. The zero-order valence-corrected chi connectivity index (χ0v) is 13.5. The summed E-state index contributed by atoms with van der Waals surface area (Å²) in [6.45, 7) is 2.35. The molecule has 108 valence electrons. The van der Waals surface area contributed by atoms with Gasteiger partial charge >= 0.3 is 0 Å². The van der Waals surface area contributed by atoms with E-state index in [2.05, 4.69) is 85.8 Å². The molecule has 0 spiro atoms. The lowest BCUT2D eigenvalue weighted by Crippen LogP contribution is -2.06. The lowest BCUT2D eigenvalue weighted by Gasteiger charge is -2.11. The van der Waals surface area contributed by atoms with E-state index < -0.39 is 0 Å². The summed E-state index contributed by atoms with van der Waals surface area (Å²) in [6.07, 6.45) is 1.13. The third-order valence-corrected chi connectivity index (χ3v) is 6.76. The van der Waals surface area contributed by atoms with Gasteiger partial charge in [0, 0.05) is 11.1 Å². The second kappa shape index (κ2) is 5.66. The fourth-order valence-electron chi connectivity index (χ4n) is 3.31. The van der Waals surface area contributed by atoms with Crippen LogP contribution in [-0.2, 0) is 17.3 Å². The molecule has 4 rings (SSSR count). The highest BCUT2D eigenvalue weighted by Crippen LogP contribution is 2.41. The highest BCUT2D eigenvalue weighted by atomic mass is 32.2. The second-order valence-electron chi connectivity index (χ2n) is 5.87. The van der Waals surface area contributed by atoms with Crippen LogP contribution in [0, 0.1) is 0 Å². The molecule has 0 aromatic heterocycles. The average molecular weight is 303 g/mol. The number of hydrogen-bond acceptors (Lipinski definition) is 0. The third kappa shape index (κ3) is 2.26. The van der Waals surface area contributed by atoms with Crippen molar-refractivity contribution in [2.45, 2.75) is 33.9 Å². The Balaban J connectivity index is 2.01. The van der Waals surface area contributed by atoms with Crippen LogP contribution in [0.3, 0.4) is 0 Å². The van der Waals surface area contributed by atoms with E-state index in [1.807, 2.05) is 0 Å². The Labute approximate surface area is 135 Å². The van der Waals surface area contributed by atoms with Crippen molar-refractivity contribution in [1.29, 1.82) is 0 Å². The van der Waals surface area contributed by atoms with Crippen molar-refractivity contribution in [2.24, 2.45) is 0 Å². The molecule has 2 atom stereocenters. The molecule has 1 heterocycles. The molecule has 1 aliphatic rings. The van der Waals surface area contributed by atoms with E-state index in [1.54, 1.807) is 0 Å². The predicted molar refractivity (Wildman–Crippen MR) is 93.6 cm³/mol. The first-order valence-corrected chi connectivity index (χ1v) is 9.03. The molecule has 3 aromatic rings. The van der Waals surface area contributed by atoms with Crippen LogP contribution in [0.4, 0.5) is 0 Å². The molecule has 3 aromatic carbocycles. The summed E-state index contributed by atoms with van der Waals surface area (Å²) in [4.78, 5) is 4.40. The minimum absolute atomic E-state index is 0.00403. The number of hydrogen-bond donors (Lipinski definition) is 0. The van der Waals surface area contributed by atoms with Gasteiger partial charge in [-0.1, -0.05) is 61.5 Å². The maximum Gasteiger partial charge on any atom is 0.170 e. The number of rotatable bonds is 1. The fraction of sp³-hybridized carbons (Fsp3) is 0.143. The molecule has 0 radical (unpaired) electrons. The average Bonchev–Trinajstić information content (AvgIpc) is 2.70. The van der Waals surface area contributed by atoms with Crippen LogP contribution < -0.4 is 0 Å². The minimum atomic E-state index is 0.00403. The summed E-state index contributed by atoms with van der Waals surface area (Å²) in [6, 6.07) is 28.9. The largest absolute Gasteiger partial charge is 0.170 e. The van der Waals surface area contributed by atoms with Gasteiger partial charge in [-0.15, -0.1) is 0 Å². The standard InChI is InChI=1S/C21H19S/c1-16-15-17-9-5-7-13-20(17)22(18-10-3-2-4-11-18)21-14-8-6-12-19(16)21/h2-14,16H,15H2,1H3/q+1. The summed E-state index contributed by atoms with van der Waals surface area (Å²) < 4.78 is 0. The van der Waals surface area contributed by atoms with Crippen LogP contribution in [0.1, 0.15) is 24.0 Å². The zero-order valence-electron chi connectivity index (χ0n) is 12.7. The Bertz CT molecular complexity index is 792. The normalized spacial score (nSPS) is 19.9. The first kappa shape index (κ1) is 13.7. The van der Waals surface area contributed by atoms with Gasteiger partial charge in [0.15, 0.2) is 14.7 Å². The molecule has 1 aliphatic heterocycles. The Morgan fingerprint density at radius 1 is 0.727 bits per heavy atom. The monoisotopic (exact) mass is 303 g/mol. The Hall–Kier alpha value is -1.99. The molecule has 0 bridgehead atoms. The van der Waals surface area contributed by atoms with Crippen LogP contribution in [0.2, 0.25) is 0 Å². The molecule has 0 aliphatic carbocycles. The van der Waals surface area contributed by atoms with Crippen LogP contribution in [0.15, 0.2) is 93.5 Å². The van der Waals surface area contributed by atoms with Gasteiger partial charge in [0.05, 0.1) is 10.9 Å². The van der Waals surface area contributed by atoms with Crippen LogP contribution in [-0.4, -0.2) is 0 Å². The van der Waals surface area contributed by atoms with E-state index in [4.69, 9.17) is 0 Å². The Morgan fingerprint density at radius 2 is 1.36 bits per heavy atom. The topological polar surface area (TPSA) is 0 Å². The summed E-state index contributed by atoms with van der Waals surface area (Å²) in [7, 11) is 0.00403. The summed E-state index contributed by atoms with van der Waals surface area (Å²) in [5, 5.41) is 0. The van der Waals surface area contributed by atoms with E-state index >= 15 is 0 Å². The molecule has 0 amide bonds. The predicted octanol–water partition coefficient (Wildman–Crippen LogP) is 5.44. The van der Waals surface area contributed by atoms with Crippen molar-refractivity contribution in [3.8, 4) is 0 Å².